The van der Waals surface area contributed by atoms with E-state index in [-0.39, 0.29) is 11.9 Å². The number of ether oxygens (including phenoxy) is 1. The summed E-state index contributed by atoms with van der Waals surface area (Å²) in [6.45, 7) is 3.01. The Morgan fingerprint density at radius 2 is 2.10 bits per heavy atom. The fourth-order valence-corrected chi connectivity index (χ4v) is 3.56. The van der Waals surface area contributed by atoms with Crippen LogP contribution in [0.4, 0.5) is 0 Å². The first-order valence-electron chi connectivity index (χ1n) is 8.41. The SMILES string of the molecule is CN(C)C(CNC(=O)CC1COCCN1)C1CCCCC1. The molecular formula is C16H31N3O2. The maximum Gasteiger partial charge on any atom is 0.221 e. The van der Waals surface area contributed by atoms with Crippen molar-refractivity contribution in [3.63, 3.8) is 0 Å². The lowest BCUT2D eigenvalue weighted by atomic mass is 9.83. The van der Waals surface area contributed by atoms with E-state index in [0.717, 1.165) is 25.6 Å². The van der Waals surface area contributed by atoms with Crippen LogP contribution in [0.1, 0.15) is 38.5 Å². The lowest BCUT2D eigenvalue weighted by molar-refractivity contribution is -0.122. The molecule has 5 heteroatoms. The molecule has 2 atom stereocenters. The van der Waals surface area contributed by atoms with Crippen molar-refractivity contribution < 1.29 is 9.53 Å². The number of nitrogens with zero attached hydrogens (tertiary/aromatic N) is 1. The van der Waals surface area contributed by atoms with Crippen LogP contribution >= 0.6 is 0 Å². The average Bonchev–Trinajstić information content (AvgIpc) is 2.49. The minimum Gasteiger partial charge on any atom is -0.378 e. The number of amides is 1. The topological polar surface area (TPSA) is 53.6 Å². The normalized spacial score (nSPS) is 25.8. The van der Waals surface area contributed by atoms with Gasteiger partial charge in [-0.15, -0.1) is 0 Å². The van der Waals surface area contributed by atoms with Crippen LogP contribution in [0.15, 0.2) is 0 Å². The van der Waals surface area contributed by atoms with Crippen LogP contribution in [0.3, 0.4) is 0 Å². The highest BCUT2D eigenvalue weighted by Gasteiger charge is 2.26. The monoisotopic (exact) mass is 297 g/mol. The summed E-state index contributed by atoms with van der Waals surface area (Å²) in [6, 6.07) is 0.635. The predicted molar refractivity (Wildman–Crippen MR) is 84.3 cm³/mol. The Morgan fingerprint density at radius 3 is 2.71 bits per heavy atom. The van der Waals surface area contributed by atoms with Crippen LogP contribution in [0, 0.1) is 5.92 Å². The van der Waals surface area contributed by atoms with Crippen molar-refractivity contribution in [2.45, 2.75) is 50.6 Å². The Labute approximate surface area is 128 Å². The Bertz CT molecular complexity index is 311. The summed E-state index contributed by atoms with van der Waals surface area (Å²) in [5, 5.41) is 6.46. The van der Waals surface area contributed by atoms with Crippen LogP contribution in [-0.2, 0) is 9.53 Å². The van der Waals surface area contributed by atoms with Crippen molar-refractivity contribution in [2.75, 3.05) is 40.4 Å². The second-order valence-corrected chi connectivity index (χ2v) is 6.66. The minimum atomic E-state index is 0.139. The Kier molecular flexibility index (Phi) is 6.93. The van der Waals surface area contributed by atoms with Gasteiger partial charge in [-0.3, -0.25) is 4.79 Å². The highest BCUT2D eigenvalue weighted by molar-refractivity contribution is 5.76. The van der Waals surface area contributed by atoms with Crippen LogP contribution in [0.25, 0.3) is 0 Å². The first-order chi connectivity index (χ1) is 10.2. The summed E-state index contributed by atoms with van der Waals surface area (Å²) in [6.07, 6.45) is 7.17. The highest BCUT2D eigenvalue weighted by Crippen LogP contribution is 2.28. The summed E-state index contributed by atoms with van der Waals surface area (Å²) in [5.41, 5.74) is 0. The van der Waals surface area contributed by atoms with Gasteiger partial charge in [0.25, 0.3) is 0 Å². The number of likely N-dealkylation sites (N-methyl/N-ethyl adjacent to an activating group) is 1. The molecule has 1 aliphatic heterocycles. The second-order valence-electron chi connectivity index (χ2n) is 6.66. The van der Waals surface area contributed by atoms with E-state index >= 15 is 0 Å². The summed E-state index contributed by atoms with van der Waals surface area (Å²) < 4.78 is 5.39. The van der Waals surface area contributed by atoms with Crippen LogP contribution < -0.4 is 10.6 Å². The molecule has 1 saturated carbocycles. The van der Waals surface area contributed by atoms with E-state index in [2.05, 4.69) is 29.6 Å². The molecule has 1 amide bonds. The first-order valence-corrected chi connectivity index (χ1v) is 8.41. The molecule has 0 bridgehead atoms. The van der Waals surface area contributed by atoms with Crippen LogP contribution in [0.2, 0.25) is 0 Å². The molecule has 1 saturated heterocycles. The standard InChI is InChI=1S/C16H31N3O2/c1-19(2)15(13-6-4-3-5-7-13)11-18-16(20)10-14-12-21-9-8-17-14/h13-15,17H,3-12H2,1-2H3,(H,18,20). The number of rotatable bonds is 6. The number of carbonyl (C=O) groups excluding carboxylic acids is 1. The van der Waals surface area contributed by atoms with E-state index in [9.17, 15) is 4.79 Å². The number of hydrogen-bond acceptors (Lipinski definition) is 4. The molecule has 21 heavy (non-hydrogen) atoms. The zero-order valence-corrected chi connectivity index (χ0v) is 13.6. The third-order valence-corrected chi connectivity index (χ3v) is 4.80. The van der Waals surface area contributed by atoms with E-state index in [4.69, 9.17) is 4.74 Å². The van der Waals surface area contributed by atoms with Gasteiger partial charge in [-0.2, -0.15) is 0 Å². The van der Waals surface area contributed by atoms with Gasteiger partial charge in [-0.1, -0.05) is 19.3 Å². The van der Waals surface area contributed by atoms with Gasteiger partial charge in [0.05, 0.1) is 13.2 Å². The Hall–Kier alpha value is -0.650. The fourth-order valence-electron chi connectivity index (χ4n) is 3.56. The average molecular weight is 297 g/mol. The van der Waals surface area contributed by atoms with Gasteiger partial charge >= 0.3 is 0 Å². The van der Waals surface area contributed by atoms with E-state index < -0.39 is 0 Å². The van der Waals surface area contributed by atoms with Crippen molar-refractivity contribution in [1.82, 2.24) is 15.5 Å². The summed E-state index contributed by atoms with van der Waals surface area (Å²) >= 11 is 0. The molecule has 0 aromatic heterocycles. The number of hydrogen-bond donors (Lipinski definition) is 2. The lowest BCUT2D eigenvalue weighted by Gasteiger charge is -2.35. The molecule has 0 spiro atoms. The quantitative estimate of drug-likeness (QED) is 0.768. The molecule has 1 heterocycles. The van der Waals surface area contributed by atoms with Gasteiger partial charge in [0.15, 0.2) is 0 Å². The van der Waals surface area contributed by atoms with Crippen LogP contribution in [-0.4, -0.2) is 63.3 Å². The van der Waals surface area contributed by atoms with Gasteiger partial charge in [0.2, 0.25) is 5.91 Å². The highest BCUT2D eigenvalue weighted by atomic mass is 16.5. The third-order valence-electron chi connectivity index (χ3n) is 4.80. The number of morpholine rings is 1. The molecule has 122 valence electrons. The fraction of sp³-hybridized carbons (Fsp3) is 0.938. The maximum atomic E-state index is 12.1. The smallest absolute Gasteiger partial charge is 0.221 e. The van der Waals surface area contributed by atoms with Crippen molar-refractivity contribution in [2.24, 2.45) is 5.92 Å². The Balaban J connectivity index is 1.73. The largest absolute Gasteiger partial charge is 0.378 e. The maximum absolute atomic E-state index is 12.1. The van der Waals surface area contributed by atoms with Crippen molar-refractivity contribution in [3.8, 4) is 0 Å². The molecule has 0 aromatic rings. The summed E-state index contributed by atoms with van der Waals surface area (Å²) in [4.78, 5) is 14.4. The van der Waals surface area contributed by atoms with Gasteiger partial charge in [0.1, 0.15) is 0 Å². The van der Waals surface area contributed by atoms with Crippen molar-refractivity contribution in [1.29, 1.82) is 0 Å². The van der Waals surface area contributed by atoms with Gasteiger partial charge in [-0.05, 0) is 32.9 Å². The summed E-state index contributed by atoms with van der Waals surface area (Å²) in [7, 11) is 4.25. The molecular weight excluding hydrogens is 266 g/mol. The molecule has 5 nitrogen and oxygen atoms in total. The molecule has 2 rings (SSSR count). The van der Waals surface area contributed by atoms with E-state index in [1.54, 1.807) is 0 Å². The Morgan fingerprint density at radius 1 is 1.33 bits per heavy atom. The lowest BCUT2D eigenvalue weighted by Crippen LogP contribution is -2.48. The van der Waals surface area contributed by atoms with E-state index in [1.807, 2.05) is 0 Å². The predicted octanol–water partition coefficient (Wildman–Crippen LogP) is 0.992. The van der Waals surface area contributed by atoms with E-state index in [0.29, 0.717) is 19.1 Å². The first kappa shape index (κ1) is 16.7. The molecule has 2 N–H and O–H groups in total. The molecule has 0 radical (unpaired) electrons. The zero-order valence-electron chi connectivity index (χ0n) is 13.6. The minimum absolute atomic E-state index is 0.139. The molecule has 2 fully saturated rings. The molecule has 1 aliphatic carbocycles. The third kappa shape index (κ3) is 5.57. The van der Waals surface area contributed by atoms with Gasteiger partial charge < -0.3 is 20.3 Å². The zero-order chi connectivity index (χ0) is 15.1. The van der Waals surface area contributed by atoms with Crippen molar-refractivity contribution >= 4 is 5.91 Å². The second kappa shape index (κ2) is 8.71. The number of carbonyl (C=O) groups is 1. The molecule has 0 aromatic carbocycles. The van der Waals surface area contributed by atoms with Crippen LogP contribution in [0.5, 0.6) is 0 Å². The van der Waals surface area contributed by atoms with Crippen molar-refractivity contribution in [3.05, 3.63) is 0 Å². The molecule has 2 unspecified atom stereocenters. The van der Waals surface area contributed by atoms with Gasteiger partial charge in [-0.25, -0.2) is 0 Å². The van der Waals surface area contributed by atoms with Gasteiger partial charge in [0, 0.05) is 31.6 Å². The van der Waals surface area contributed by atoms with E-state index in [1.165, 1.54) is 32.1 Å². The molecule has 2 aliphatic rings. The summed E-state index contributed by atoms with van der Waals surface area (Å²) in [5.74, 6) is 0.867. The number of nitrogens with one attached hydrogen (secondary N) is 2.